The third-order valence-electron chi connectivity index (χ3n) is 8.03. The highest BCUT2D eigenvalue weighted by Gasteiger charge is 2.61. The molecular weight excluding hydrogens is 259 g/mol. The molecule has 0 aromatic heterocycles. The van der Waals surface area contributed by atoms with Crippen LogP contribution in [0.25, 0.3) is 0 Å². The Morgan fingerprint density at radius 1 is 0.750 bits per heavy atom. The lowest BCUT2D eigenvalue weighted by atomic mass is 9.53. The van der Waals surface area contributed by atoms with Gasteiger partial charge in [-0.25, -0.2) is 0 Å². The van der Waals surface area contributed by atoms with E-state index in [2.05, 4.69) is 18.8 Å². The number of hydrogen-bond donors (Lipinski definition) is 0. The van der Waals surface area contributed by atoms with Crippen molar-refractivity contribution in [3.63, 3.8) is 0 Å². The Balaban J connectivity index is 1.29. The van der Waals surface area contributed by atoms with Gasteiger partial charge in [-0.2, -0.15) is 0 Å². The van der Waals surface area contributed by atoms with E-state index in [4.69, 9.17) is 0 Å². The van der Waals surface area contributed by atoms with E-state index in [1.54, 1.807) is 25.7 Å². The van der Waals surface area contributed by atoms with Crippen molar-refractivity contribution in [3.8, 4) is 0 Å². The summed E-state index contributed by atoms with van der Waals surface area (Å²) in [6.45, 7) is 2.71. The Morgan fingerprint density at radius 3 is 1.45 bits per heavy atom. The van der Waals surface area contributed by atoms with Crippen LogP contribution in [0.2, 0.25) is 0 Å². The zero-order valence-corrected chi connectivity index (χ0v) is 13.4. The molecule has 1 heteroatoms. The molecule has 0 aliphatic heterocycles. The van der Waals surface area contributed by atoms with Crippen molar-refractivity contribution in [2.24, 2.45) is 35.5 Å². The third kappa shape index (κ3) is 1.18. The van der Waals surface area contributed by atoms with Crippen molar-refractivity contribution >= 4 is 7.92 Å². The second kappa shape index (κ2) is 3.62. The van der Waals surface area contributed by atoms with Crippen LogP contribution in [0.15, 0.2) is 23.3 Å². The summed E-state index contributed by atoms with van der Waals surface area (Å²) >= 11 is 0. The quantitative estimate of drug-likeness (QED) is 0.504. The minimum atomic E-state index is 0.299. The average Bonchev–Trinajstić information content (AvgIpc) is 2.48. The Hall–Kier alpha value is -0.0900. The maximum Gasteiger partial charge on any atom is -0.00771 e. The molecule has 6 fully saturated rings. The molecule has 106 valence electrons. The Bertz CT molecular complexity index is 464. The van der Waals surface area contributed by atoms with Gasteiger partial charge in [0.25, 0.3) is 0 Å². The number of rotatable bonds is 2. The van der Waals surface area contributed by atoms with Gasteiger partial charge in [-0.05, 0) is 92.0 Å². The summed E-state index contributed by atoms with van der Waals surface area (Å²) in [5, 5.41) is 0. The van der Waals surface area contributed by atoms with Crippen LogP contribution in [0, 0.1) is 35.5 Å². The van der Waals surface area contributed by atoms with Gasteiger partial charge < -0.3 is 0 Å². The summed E-state index contributed by atoms with van der Waals surface area (Å²) in [4.78, 5) is 0. The molecule has 0 amide bonds. The third-order valence-corrected chi connectivity index (χ3v) is 11.3. The maximum absolute atomic E-state index is 2.71. The standard InChI is InChI=1S/C19H25P/c1-20(18-14-6-10-2-4-12(14)15(18)7-10)19-16-8-11-3-5-13(16)17(19)9-11/h4-5,10-11,14-19H,2-3,6-9H2,1H3. The summed E-state index contributed by atoms with van der Waals surface area (Å²) in [7, 11) is 0.299. The van der Waals surface area contributed by atoms with E-state index in [0.717, 1.165) is 46.8 Å². The molecule has 10 rings (SSSR count). The van der Waals surface area contributed by atoms with Gasteiger partial charge >= 0.3 is 0 Å². The van der Waals surface area contributed by atoms with E-state index in [0.29, 0.717) is 7.92 Å². The van der Waals surface area contributed by atoms with Gasteiger partial charge in [0, 0.05) is 0 Å². The fraction of sp³-hybridized carbons (Fsp3) is 0.789. The molecule has 4 unspecified atom stereocenters. The lowest BCUT2D eigenvalue weighted by Gasteiger charge is -2.66. The van der Waals surface area contributed by atoms with Crippen LogP contribution in [-0.2, 0) is 0 Å². The molecule has 0 spiro atoms. The Morgan fingerprint density at radius 2 is 1.15 bits per heavy atom. The highest BCUT2D eigenvalue weighted by atomic mass is 31.1. The van der Waals surface area contributed by atoms with Crippen molar-refractivity contribution < 1.29 is 0 Å². The summed E-state index contributed by atoms with van der Waals surface area (Å²) in [6, 6.07) is 0. The summed E-state index contributed by atoms with van der Waals surface area (Å²) in [6.07, 6.45) is 14.5. The first kappa shape index (κ1) is 11.5. The van der Waals surface area contributed by atoms with Gasteiger partial charge in [-0.1, -0.05) is 23.3 Å². The first-order chi connectivity index (χ1) is 9.81. The van der Waals surface area contributed by atoms with Crippen LogP contribution in [0.5, 0.6) is 0 Å². The zero-order valence-electron chi connectivity index (χ0n) is 12.5. The SMILES string of the molecule is CP(C1C2CC3CC=C2C1C3)C1C2CC3CC=C2C1C3. The molecule has 4 atom stereocenters. The molecule has 10 aliphatic carbocycles. The molecule has 0 radical (unpaired) electrons. The number of allylic oxidation sites excluding steroid dienone is 4. The smallest absolute Gasteiger partial charge is 0.00771 e. The highest BCUT2D eigenvalue weighted by Crippen LogP contribution is 2.74. The van der Waals surface area contributed by atoms with Crippen molar-refractivity contribution in [1.29, 1.82) is 0 Å². The fourth-order valence-corrected chi connectivity index (χ4v) is 11.2. The predicted octanol–water partition coefficient (Wildman–Crippen LogP) is 4.81. The molecule has 0 saturated heterocycles. The summed E-state index contributed by atoms with van der Waals surface area (Å²) < 4.78 is 0. The van der Waals surface area contributed by atoms with Gasteiger partial charge in [0.05, 0.1) is 0 Å². The van der Waals surface area contributed by atoms with Gasteiger partial charge in [0.1, 0.15) is 0 Å². The summed E-state index contributed by atoms with van der Waals surface area (Å²) in [5.74, 6) is 6.43. The van der Waals surface area contributed by atoms with E-state index >= 15 is 0 Å². The van der Waals surface area contributed by atoms with Gasteiger partial charge in [0.2, 0.25) is 0 Å². The molecular formula is C19H25P. The van der Waals surface area contributed by atoms with Crippen LogP contribution in [0.3, 0.4) is 0 Å². The van der Waals surface area contributed by atoms with E-state index < -0.39 is 0 Å². The molecule has 10 aliphatic rings. The van der Waals surface area contributed by atoms with Gasteiger partial charge in [-0.15, -0.1) is 7.92 Å². The maximum atomic E-state index is 2.71. The van der Waals surface area contributed by atoms with Crippen molar-refractivity contribution in [2.75, 3.05) is 6.66 Å². The minimum Gasteiger partial charge on any atom is -0.101 e. The molecule has 0 N–H and O–H groups in total. The van der Waals surface area contributed by atoms with E-state index in [1.807, 2.05) is 11.1 Å². The minimum absolute atomic E-state index is 0.299. The molecule has 8 bridgehead atoms. The molecule has 0 aromatic rings. The second-order valence-electron chi connectivity index (χ2n) is 8.63. The van der Waals surface area contributed by atoms with Gasteiger partial charge in [0.15, 0.2) is 0 Å². The van der Waals surface area contributed by atoms with Crippen LogP contribution in [0.4, 0.5) is 0 Å². The van der Waals surface area contributed by atoms with Crippen LogP contribution in [-0.4, -0.2) is 18.0 Å². The van der Waals surface area contributed by atoms with E-state index in [9.17, 15) is 0 Å². The first-order valence-electron chi connectivity index (χ1n) is 8.93. The van der Waals surface area contributed by atoms with E-state index in [1.165, 1.54) is 12.8 Å². The molecule has 0 aromatic carbocycles. The summed E-state index contributed by atoms with van der Waals surface area (Å²) in [5.41, 5.74) is 6.16. The van der Waals surface area contributed by atoms with Crippen LogP contribution >= 0.6 is 7.92 Å². The Labute approximate surface area is 123 Å². The zero-order chi connectivity index (χ0) is 13.0. The molecule has 20 heavy (non-hydrogen) atoms. The normalized spacial score (nSPS) is 58.5. The van der Waals surface area contributed by atoms with E-state index in [-0.39, 0.29) is 0 Å². The van der Waals surface area contributed by atoms with Crippen LogP contribution < -0.4 is 0 Å². The lowest BCUT2D eigenvalue weighted by Crippen LogP contribution is -2.57. The number of hydrogen-bond acceptors (Lipinski definition) is 0. The van der Waals surface area contributed by atoms with Crippen molar-refractivity contribution in [3.05, 3.63) is 23.3 Å². The predicted molar refractivity (Wildman–Crippen MR) is 85.2 cm³/mol. The molecule has 6 saturated carbocycles. The largest absolute Gasteiger partial charge is 0.101 e. The average molecular weight is 284 g/mol. The van der Waals surface area contributed by atoms with Crippen LogP contribution in [0.1, 0.15) is 38.5 Å². The van der Waals surface area contributed by atoms with Crippen molar-refractivity contribution in [2.45, 2.75) is 49.8 Å². The highest BCUT2D eigenvalue weighted by molar-refractivity contribution is 7.58. The van der Waals surface area contributed by atoms with Gasteiger partial charge in [-0.3, -0.25) is 0 Å². The van der Waals surface area contributed by atoms with Crippen molar-refractivity contribution in [1.82, 2.24) is 0 Å². The first-order valence-corrected chi connectivity index (χ1v) is 10.9. The second-order valence-corrected chi connectivity index (χ2v) is 11.2. The Kier molecular flexibility index (Phi) is 2.08. The topological polar surface area (TPSA) is 0 Å². The fourth-order valence-electron chi connectivity index (χ4n) is 7.32. The lowest BCUT2D eigenvalue weighted by molar-refractivity contribution is 0.119. The monoisotopic (exact) mass is 284 g/mol. The molecule has 0 nitrogen and oxygen atoms in total. The molecule has 0 heterocycles. The number of fused-ring (bicyclic) bond motifs is 2.